The van der Waals surface area contributed by atoms with Gasteiger partial charge in [-0.1, -0.05) is 17.7 Å². The maximum Gasteiger partial charge on any atom is 0.128 e. The van der Waals surface area contributed by atoms with Crippen LogP contribution in [0.3, 0.4) is 0 Å². The number of benzene rings is 1. The average molecular weight is 321 g/mol. The monoisotopic (exact) mass is 320 g/mol. The normalized spacial score (nSPS) is 10.5. The molecule has 0 saturated heterocycles. The molecule has 108 valence electrons. The molecular formula is C16H14ClFN2S. The zero-order valence-corrected chi connectivity index (χ0v) is 13.6. The van der Waals surface area contributed by atoms with Crippen LogP contribution in [0.1, 0.15) is 27.9 Å². The highest BCUT2D eigenvalue weighted by Crippen LogP contribution is 2.31. The van der Waals surface area contributed by atoms with Gasteiger partial charge in [0.25, 0.3) is 0 Å². The molecule has 0 aliphatic carbocycles. The lowest BCUT2D eigenvalue weighted by Crippen LogP contribution is -2.00. The van der Waals surface area contributed by atoms with Crippen molar-refractivity contribution in [3.63, 3.8) is 0 Å². The molecule has 5 heteroatoms. The molecule has 0 aliphatic rings. The van der Waals surface area contributed by atoms with Crippen LogP contribution in [-0.4, -0.2) is 4.98 Å². The molecule has 1 aromatic heterocycles. The molecule has 0 atom stereocenters. The summed E-state index contributed by atoms with van der Waals surface area (Å²) >= 11 is 7.35. The zero-order valence-electron chi connectivity index (χ0n) is 12.0. The summed E-state index contributed by atoms with van der Waals surface area (Å²) in [7, 11) is 0. The van der Waals surface area contributed by atoms with E-state index in [1.807, 2.05) is 20.8 Å². The van der Waals surface area contributed by atoms with E-state index in [2.05, 4.69) is 11.1 Å². The van der Waals surface area contributed by atoms with Crippen LogP contribution < -0.4 is 0 Å². The fourth-order valence-corrected chi connectivity index (χ4v) is 3.39. The maximum atomic E-state index is 13.8. The summed E-state index contributed by atoms with van der Waals surface area (Å²) in [6.07, 6.45) is 0. The lowest BCUT2D eigenvalue weighted by Gasteiger charge is -2.11. The summed E-state index contributed by atoms with van der Waals surface area (Å²) < 4.78 is 13.8. The number of halogens is 2. The Balaban J connectivity index is 2.35. The van der Waals surface area contributed by atoms with Gasteiger partial charge in [0.2, 0.25) is 0 Å². The summed E-state index contributed by atoms with van der Waals surface area (Å²) in [5.41, 5.74) is 3.81. The lowest BCUT2D eigenvalue weighted by molar-refractivity contribution is 0.617. The minimum absolute atomic E-state index is 0.339. The van der Waals surface area contributed by atoms with Crippen molar-refractivity contribution in [1.82, 2.24) is 4.98 Å². The Morgan fingerprint density at radius 3 is 2.62 bits per heavy atom. The third-order valence-electron chi connectivity index (χ3n) is 3.49. The van der Waals surface area contributed by atoms with E-state index in [9.17, 15) is 9.65 Å². The SMILES string of the molecule is Cc1nc(SCc2c(F)cccc2Cl)c(C#N)c(C)c1C. The van der Waals surface area contributed by atoms with Crippen LogP contribution in [0.2, 0.25) is 5.02 Å². The topological polar surface area (TPSA) is 36.7 Å². The molecule has 0 fully saturated rings. The van der Waals surface area contributed by atoms with Gasteiger partial charge in [0.15, 0.2) is 0 Å². The number of pyridine rings is 1. The third kappa shape index (κ3) is 3.20. The van der Waals surface area contributed by atoms with Crippen LogP contribution in [0.5, 0.6) is 0 Å². The lowest BCUT2D eigenvalue weighted by atomic mass is 10.1. The molecule has 1 heterocycles. The van der Waals surface area contributed by atoms with Crippen LogP contribution in [0, 0.1) is 37.9 Å². The van der Waals surface area contributed by atoms with Crippen molar-refractivity contribution in [2.75, 3.05) is 0 Å². The molecule has 2 nitrogen and oxygen atoms in total. The number of thioether (sulfide) groups is 1. The van der Waals surface area contributed by atoms with E-state index in [0.717, 1.165) is 16.8 Å². The first kappa shape index (κ1) is 15.8. The molecule has 0 unspecified atom stereocenters. The molecule has 1 aromatic carbocycles. The predicted molar refractivity (Wildman–Crippen MR) is 84.1 cm³/mol. The van der Waals surface area contributed by atoms with Crippen molar-refractivity contribution in [2.24, 2.45) is 0 Å². The van der Waals surface area contributed by atoms with Crippen LogP contribution in [0.4, 0.5) is 4.39 Å². The van der Waals surface area contributed by atoms with E-state index in [-0.39, 0.29) is 5.82 Å². The molecule has 0 aliphatic heterocycles. The molecule has 21 heavy (non-hydrogen) atoms. The summed E-state index contributed by atoms with van der Waals surface area (Å²) in [5, 5.41) is 10.3. The van der Waals surface area contributed by atoms with E-state index in [1.54, 1.807) is 12.1 Å². The van der Waals surface area contributed by atoms with Gasteiger partial charge in [0, 0.05) is 22.0 Å². The number of aryl methyl sites for hydroxylation is 1. The Kier molecular flexibility index (Phi) is 4.87. The quantitative estimate of drug-likeness (QED) is 0.750. The Labute approximate surface area is 133 Å². The van der Waals surface area contributed by atoms with Crippen LogP contribution in [-0.2, 0) is 5.75 Å². The van der Waals surface area contributed by atoms with Gasteiger partial charge in [0.05, 0.1) is 5.56 Å². The first-order valence-electron chi connectivity index (χ1n) is 6.39. The van der Waals surface area contributed by atoms with E-state index in [0.29, 0.717) is 26.9 Å². The Morgan fingerprint density at radius 2 is 2.00 bits per heavy atom. The number of hydrogen-bond donors (Lipinski definition) is 0. The highest BCUT2D eigenvalue weighted by molar-refractivity contribution is 7.98. The van der Waals surface area contributed by atoms with Crippen molar-refractivity contribution in [3.8, 4) is 6.07 Å². The van der Waals surface area contributed by atoms with Crippen molar-refractivity contribution in [2.45, 2.75) is 31.6 Å². The van der Waals surface area contributed by atoms with E-state index in [4.69, 9.17) is 11.6 Å². The Bertz CT molecular complexity index is 718. The smallest absolute Gasteiger partial charge is 0.128 e. The van der Waals surface area contributed by atoms with E-state index < -0.39 is 0 Å². The molecule has 0 bridgehead atoms. The second kappa shape index (κ2) is 6.46. The highest BCUT2D eigenvalue weighted by atomic mass is 35.5. The number of aromatic nitrogens is 1. The van der Waals surface area contributed by atoms with Crippen LogP contribution >= 0.6 is 23.4 Å². The summed E-state index contributed by atoms with van der Waals surface area (Å²) in [6.45, 7) is 5.76. The number of hydrogen-bond acceptors (Lipinski definition) is 3. The maximum absolute atomic E-state index is 13.8. The number of rotatable bonds is 3. The van der Waals surface area contributed by atoms with Crippen LogP contribution in [0.15, 0.2) is 23.2 Å². The van der Waals surface area contributed by atoms with Crippen LogP contribution in [0.25, 0.3) is 0 Å². The number of nitrogens with zero attached hydrogens (tertiary/aromatic N) is 2. The molecule has 2 aromatic rings. The zero-order chi connectivity index (χ0) is 15.6. The molecule has 2 rings (SSSR count). The number of nitriles is 1. The van der Waals surface area contributed by atoms with Gasteiger partial charge in [-0.05, 0) is 44.0 Å². The van der Waals surface area contributed by atoms with Gasteiger partial charge in [-0.15, -0.1) is 11.8 Å². The van der Waals surface area contributed by atoms with Crippen molar-refractivity contribution >= 4 is 23.4 Å². The summed E-state index contributed by atoms with van der Waals surface area (Å²) in [4.78, 5) is 4.45. The first-order valence-corrected chi connectivity index (χ1v) is 7.75. The van der Waals surface area contributed by atoms with Gasteiger partial charge in [-0.2, -0.15) is 5.26 Å². The fraction of sp³-hybridized carbons (Fsp3) is 0.250. The minimum Gasteiger partial charge on any atom is -0.245 e. The Morgan fingerprint density at radius 1 is 1.29 bits per heavy atom. The molecule has 0 radical (unpaired) electrons. The molecular weight excluding hydrogens is 307 g/mol. The average Bonchev–Trinajstić information content (AvgIpc) is 2.44. The highest BCUT2D eigenvalue weighted by Gasteiger charge is 2.14. The van der Waals surface area contributed by atoms with Gasteiger partial charge < -0.3 is 0 Å². The van der Waals surface area contributed by atoms with Gasteiger partial charge in [-0.25, -0.2) is 9.37 Å². The predicted octanol–water partition coefficient (Wildman–Crippen LogP) is 4.96. The van der Waals surface area contributed by atoms with Crippen molar-refractivity contribution in [3.05, 3.63) is 57.0 Å². The van der Waals surface area contributed by atoms with Gasteiger partial charge >= 0.3 is 0 Å². The second-order valence-corrected chi connectivity index (χ2v) is 6.10. The molecule has 0 spiro atoms. The van der Waals surface area contributed by atoms with Crippen molar-refractivity contribution < 1.29 is 4.39 Å². The molecule has 0 amide bonds. The first-order chi connectivity index (χ1) is 9.95. The standard InChI is InChI=1S/C16H14ClFN2S/c1-9-10(2)12(7-19)16(20-11(9)3)21-8-13-14(17)5-4-6-15(13)18/h4-6H,8H2,1-3H3. The van der Waals surface area contributed by atoms with E-state index >= 15 is 0 Å². The second-order valence-electron chi connectivity index (χ2n) is 4.73. The Hall–Kier alpha value is -1.57. The third-order valence-corrected chi connectivity index (χ3v) is 4.85. The summed E-state index contributed by atoms with van der Waals surface area (Å²) in [6, 6.07) is 6.80. The fourth-order valence-electron chi connectivity index (χ4n) is 1.96. The summed E-state index contributed by atoms with van der Waals surface area (Å²) in [5.74, 6) is 0.00356. The van der Waals surface area contributed by atoms with Crippen molar-refractivity contribution in [1.29, 1.82) is 5.26 Å². The largest absolute Gasteiger partial charge is 0.245 e. The van der Waals surface area contributed by atoms with Gasteiger partial charge in [0.1, 0.15) is 16.9 Å². The molecule has 0 N–H and O–H groups in total. The van der Waals surface area contributed by atoms with Gasteiger partial charge in [-0.3, -0.25) is 0 Å². The molecule has 0 saturated carbocycles. The minimum atomic E-state index is -0.339. The van der Waals surface area contributed by atoms with E-state index in [1.165, 1.54) is 17.8 Å².